The fraction of sp³-hybridized carbons (Fsp3) is 0.190. The van der Waals surface area contributed by atoms with E-state index in [0.717, 1.165) is 10.0 Å². The molecule has 160 valence electrons. The Kier molecular flexibility index (Phi) is 5.54. The normalized spacial score (nSPS) is 12.0. The number of nitrogens with zero attached hydrogens (tertiary/aromatic N) is 3. The molecule has 3 aromatic heterocycles. The predicted molar refractivity (Wildman–Crippen MR) is 119 cm³/mol. The summed E-state index contributed by atoms with van der Waals surface area (Å²) in [6.45, 7) is 2.23. The lowest BCUT2D eigenvalue weighted by Crippen LogP contribution is -2.31. The Bertz CT molecular complexity index is 1540. The van der Waals surface area contributed by atoms with Gasteiger partial charge < -0.3 is 9.30 Å². The van der Waals surface area contributed by atoms with E-state index in [0.29, 0.717) is 5.65 Å². The molecular formula is C21H19BrN4O4S. The van der Waals surface area contributed by atoms with Gasteiger partial charge in [-0.2, -0.15) is 0 Å². The van der Waals surface area contributed by atoms with E-state index in [1.807, 2.05) is 13.0 Å². The summed E-state index contributed by atoms with van der Waals surface area (Å²) in [6.07, 6.45) is 1.59. The van der Waals surface area contributed by atoms with Crippen LogP contribution in [-0.2, 0) is 21.1 Å². The van der Waals surface area contributed by atoms with Crippen molar-refractivity contribution in [2.45, 2.75) is 23.3 Å². The molecule has 0 aliphatic heterocycles. The van der Waals surface area contributed by atoms with Gasteiger partial charge in [-0.25, -0.2) is 13.4 Å². The van der Waals surface area contributed by atoms with Crippen molar-refractivity contribution >= 4 is 42.4 Å². The minimum Gasteiger partial charge on any atom is -0.383 e. The van der Waals surface area contributed by atoms with Crippen LogP contribution in [-0.4, -0.2) is 36.1 Å². The van der Waals surface area contributed by atoms with Crippen LogP contribution in [0.2, 0.25) is 0 Å². The Hall–Kier alpha value is -2.82. The van der Waals surface area contributed by atoms with Gasteiger partial charge in [-0.1, -0.05) is 22.0 Å². The number of methoxy groups -OCH3 is 1. The number of ether oxygens (including phenoxy) is 1. The van der Waals surface area contributed by atoms with Crippen LogP contribution in [0, 0.1) is 12.3 Å². The van der Waals surface area contributed by atoms with Crippen LogP contribution >= 0.6 is 15.9 Å². The van der Waals surface area contributed by atoms with Crippen LogP contribution in [0.3, 0.4) is 0 Å². The van der Waals surface area contributed by atoms with Crippen molar-refractivity contribution in [1.29, 1.82) is 5.41 Å². The molecule has 0 radical (unpaired) electrons. The van der Waals surface area contributed by atoms with Gasteiger partial charge in [-0.15, -0.1) is 0 Å². The topological polar surface area (TPSA) is 107 Å². The van der Waals surface area contributed by atoms with Gasteiger partial charge in [-0.05, 0) is 48.9 Å². The van der Waals surface area contributed by atoms with E-state index in [1.165, 1.54) is 34.3 Å². The number of nitrogens with one attached hydrogen (secondary N) is 1. The number of aromatic nitrogens is 3. The first-order chi connectivity index (χ1) is 14.8. The lowest BCUT2D eigenvalue weighted by molar-refractivity contribution is 0.186. The van der Waals surface area contributed by atoms with E-state index in [1.54, 1.807) is 24.4 Å². The van der Waals surface area contributed by atoms with Crippen molar-refractivity contribution in [3.63, 3.8) is 0 Å². The molecule has 31 heavy (non-hydrogen) atoms. The fourth-order valence-electron chi connectivity index (χ4n) is 3.42. The van der Waals surface area contributed by atoms with Crippen LogP contribution < -0.4 is 11.0 Å². The van der Waals surface area contributed by atoms with Crippen LogP contribution in [0.15, 0.2) is 67.7 Å². The van der Waals surface area contributed by atoms with Crippen molar-refractivity contribution in [2.24, 2.45) is 0 Å². The summed E-state index contributed by atoms with van der Waals surface area (Å²) in [5.41, 5.74) is 0.836. The second-order valence-electron chi connectivity index (χ2n) is 7.00. The molecule has 3 heterocycles. The van der Waals surface area contributed by atoms with Gasteiger partial charge in [0.15, 0.2) is 0 Å². The quantitative estimate of drug-likeness (QED) is 0.422. The van der Waals surface area contributed by atoms with Crippen LogP contribution in [0.1, 0.15) is 5.56 Å². The van der Waals surface area contributed by atoms with Crippen LogP contribution in [0.5, 0.6) is 0 Å². The largest absolute Gasteiger partial charge is 0.383 e. The number of hydrogen-bond acceptors (Lipinski definition) is 6. The smallest absolute Gasteiger partial charge is 0.267 e. The summed E-state index contributed by atoms with van der Waals surface area (Å²) in [6, 6.07) is 11.0. The van der Waals surface area contributed by atoms with Crippen LogP contribution in [0.25, 0.3) is 16.7 Å². The lowest BCUT2D eigenvalue weighted by atomic mass is 10.2. The second kappa shape index (κ2) is 8.03. The Morgan fingerprint density at radius 3 is 2.55 bits per heavy atom. The number of benzene rings is 1. The number of sulfone groups is 1. The van der Waals surface area contributed by atoms with E-state index in [4.69, 9.17) is 10.1 Å². The zero-order valence-electron chi connectivity index (χ0n) is 16.8. The number of halogens is 1. The van der Waals surface area contributed by atoms with Crippen molar-refractivity contribution in [3.8, 4) is 0 Å². The van der Waals surface area contributed by atoms with Crippen molar-refractivity contribution in [2.75, 3.05) is 13.7 Å². The molecule has 0 unspecified atom stereocenters. The standard InChI is InChI=1S/C21H19BrN4O4S/c1-13-4-3-9-26-19(13)24-20-16(21(26)27)12-17(18(23)25(20)10-11-30-2)31(28,29)15-7-5-14(22)6-8-15/h3-9,12,23H,10-11H2,1-2H3. The third-order valence-corrected chi connectivity index (χ3v) is 7.34. The predicted octanol–water partition coefficient (Wildman–Crippen LogP) is 2.68. The summed E-state index contributed by atoms with van der Waals surface area (Å²) in [4.78, 5) is 17.6. The van der Waals surface area contributed by atoms with Gasteiger partial charge in [0.2, 0.25) is 9.84 Å². The summed E-state index contributed by atoms with van der Waals surface area (Å²) in [7, 11) is -2.54. The highest BCUT2D eigenvalue weighted by molar-refractivity contribution is 9.10. The third-order valence-electron chi connectivity index (χ3n) is 5.03. The Labute approximate surface area is 186 Å². The van der Waals surface area contributed by atoms with E-state index < -0.39 is 15.4 Å². The molecule has 10 heteroatoms. The molecule has 4 rings (SSSR count). The summed E-state index contributed by atoms with van der Waals surface area (Å²) < 4.78 is 35.4. The zero-order valence-corrected chi connectivity index (χ0v) is 19.2. The van der Waals surface area contributed by atoms with Gasteiger partial charge in [0.1, 0.15) is 21.7 Å². The first-order valence-corrected chi connectivity index (χ1v) is 11.6. The minimum atomic E-state index is -4.05. The molecule has 0 aliphatic rings. The Balaban J connectivity index is 2.12. The van der Waals surface area contributed by atoms with E-state index in [2.05, 4.69) is 20.9 Å². The van der Waals surface area contributed by atoms with Crippen molar-refractivity contribution < 1.29 is 13.2 Å². The van der Waals surface area contributed by atoms with Gasteiger partial charge in [0, 0.05) is 24.3 Å². The number of pyridine rings is 2. The van der Waals surface area contributed by atoms with Gasteiger partial charge in [0.25, 0.3) is 5.56 Å². The minimum absolute atomic E-state index is 0.0338. The van der Waals surface area contributed by atoms with Crippen LogP contribution in [0.4, 0.5) is 0 Å². The van der Waals surface area contributed by atoms with Crippen molar-refractivity contribution in [1.82, 2.24) is 14.0 Å². The highest BCUT2D eigenvalue weighted by Gasteiger charge is 2.24. The van der Waals surface area contributed by atoms with Gasteiger partial charge in [0.05, 0.1) is 16.9 Å². The second-order valence-corrected chi connectivity index (χ2v) is 9.83. The molecule has 0 saturated carbocycles. The highest BCUT2D eigenvalue weighted by atomic mass is 79.9. The lowest BCUT2D eigenvalue weighted by Gasteiger charge is -2.15. The highest BCUT2D eigenvalue weighted by Crippen LogP contribution is 2.22. The molecule has 0 fully saturated rings. The third kappa shape index (κ3) is 3.60. The number of rotatable bonds is 5. The molecule has 8 nitrogen and oxygen atoms in total. The molecule has 0 saturated heterocycles. The molecule has 1 N–H and O–H groups in total. The average molecular weight is 503 g/mol. The number of hydrogen-bond donors (Lipinski definition) is 1. The molecule has 0 atom stereocenters. The molecule has 0 aliphatic carbocycles. The average Bonchev–Trinajstić information content (AvgIpc) is 2.74. The summed E-state index contributed by atoms with van der Waals surface area (Å²) in [5.74, 6) is 0. The van der Waals surface area contributed by atoms with Crippen molar-refractivity contribution in [3.05, 3.63) is 74.5 Å². The molecule has 0 amide bonds. The molecule has 0 spiro atoms. The summed E-state index contributed by atoms with van der Waals surface area (Å²) in [5, 5.41) is 8.77. The maximum absolute atomic E-state index is 13.4. The number of aryl methyl sites for hydroxylation is 1. The SMILES string of the molecule is COCCn1c(=N)c(S(=O)(=O)c2ccc(Br)cc2)cc2c(=O)n3cccc(C)c3nc21. The molecular weight excluding hydrogens is 484 g/mol. The van der Waals surface area contributed by atoms with E-state index in [9.17, 15) is 13.2 Å². The maximum Gasteiger partial charge on any atom is 0.267 e. The first kappa shape index (κ1) is 21.4. The van der Waals surface area contributed by atoms with E-state index >= 15 is 0 Å². The van der Waals surface area contributed by atoms with E-state index in [-0.39, 0.29) is 39.5 Å². The van der Waals surface area contributed by atoms with Gasteiger partial charge >= 0.3 is 0 Å². The zero-order chi connectivity index (χ0) is 22.3. The maximum atomic E-state index is 13.4. The van der Waals surface area contributed by atoms with Gasteiger partial charge in [-0.3, -0.25) is 14.6 Å². The Morgan fingerprint density at radius 1 is 1.16 bits per heavy atom. The monoisotopic (exact) mass is 502 g/mol. The number of fused-ring (bicyclic) bond motifs is 2. The molecule has 4 aromatic rings. The Morgan fingerprint density at radius 2 is 1.87 bits per heavy atom. The molecule has 0 bridgehead atoms. The first-order valence-electron chi connectivity index (χ1n) is 9.35. The fourth-order valence-corrected chi connectivity index (χ4v) is 5.07. The summed E-state index contributed by atoms with van der Waals surface area (Å²) >= 11 is 3.29. The molecule has 1 aromatic carbocycles.